The quantitative estimate of drug-likeness (QED) is 0.587. The molecule has 0 saturated carbocycles. The van der Waals surface area contributed by atoms with Gasteiger partial charge in [-0.2, -0.15) is 13.2 Å². The molecule has 2 fully saturated rings. The Balaban J connectivity index is 1.78. The van der Waals surface area contributed by atoms with Crippen LogP contribution >= 0.6 is 0 Å². The average Bonchev–Trinajstić information content (AvgIpc) is 2.91. The van der Waals surface area contributed by atoms with Crippen LogP contribution in [0.4, 0.5) is 32.6 Å². The summed E-state index contributed by atoms with van der Waals surface area (Å²) in [4.78, 5) is 32.0. The summed E-state index contributed by atoms with van der Waals surface area (Å²) in [5.41, 5.74) is -2.91. The number of imide groups is 1. The van der Waals surface area contributed by atoms with E-state index in [-0.39, 0.29) is 12.8 Å². The number of halogens is 5. The van der Waals surface area contributed by atoms with Gasteiger partial charge in [0.1, 0.15) is 23.0 Å². The first-order chi connectivity index (χ1) is 14.6. The van der Waals surface area contributed by atoms with Crippen LogP contribution in [0.15, 0.2) is 36.5 Å². The number of hydrogen-bond acceptors (Lipinski definition) is 4. The summed E-state index contributed by atoms with van der Waals surface area (Å²) < 4.78 is 67.9. The number of anilines is 1. The van der Waals surface area contributed by atoms with Crippen LogP contribution in [0, 0.1) is 11.6 Å². The molecule has 164 valence electrons. The van der Waals surface area contributed by atoms with Crippen molar-refractivity contribution < 1.29 is 31.5 Å². The van der Waals surface area contributed by atoms with Crippen LogP contribution in [-0.4, -0.2) is 40.5 Å². The van der Waals surface area contributed by atoms with E-state index in [0.717, 1.165) is 29.3 Å². The minimum absolute atomic E-state index is 0.142. The molecule has 4 rings (SSSR count). The van der Waals surface area contributed by atoms with E-state index in [0.29, 0.717) is 24.1 Å². The zero-order valence-corrected chi connectivity index (χ0v) is 16.0. The normalized spacial score (nSPS) is 18.9. The molecule has 3 heterocycles. The minimum Gasteiger partial charge on any atom is -0.317 e. The number of rotatable bonds is 3. The number of nitrogens with one attached hydrogen (secondary N) is 1. The van der Waals surface area contributed by atoms with Gasteiger partial charge in [-0.1, -0.05) is 6.07 Å². The highest BCUT2D eigenvalue weighted by Crippen LogP contribution is 2.40. The van der Waals surface area contributed by atoms with E-state index in [1.165, 1.54) is 6.07 Å². The molecule has 0 aliphatic carbocycles. The van der Waals surface area contributed by atoms with E-state index in [2.05, 4.69) is 10.3 Å². The number of aromatic nitrogens is 1. The molecule has 0 unspecified atom stereocenters. The molecular weight excluding hydrogens is 423 g/mol. The van der Waals surface area contributed by atoms with E-state index < -0.39 is 58.8 Å². The molecule has 3 amide bonds. The summed E-state index contributed by atoms with van der Waals surface area (Å²) in [7, 11) is 0. The number of piperidine rings is 1. The van der Waals surface area contributed by atoms with E-state index in [1.807, 2.05) is 0 Å². The second kappa shape index (κ2) is 7.56. The van der Waals surface area contributed by atoms with Gasteiger partial charge in [0.05, 0.1) is 12.1 Å². The van der Waals surface area contributed by atoms with Crippen molar-refractivity contribution in [2.75, 3.05) is 18.0 Å². The van der Waals surface area contributed by atoms with Gasteiger partial charge < -0.3 is 10.2 Å². The van der Waals surface area contributed by atoms with Gasteiger partial charge >= 0.3 is 12.2 Å². The lowest BCUT2D eigenvalue weighted by Gasteiger charge is -2.38. The molecule has 2 aliphatic heterocycles. The van der Waals surface area contributed by atoms with Crippen molar-refractivity contribution in [1.29, 1.82) is 0 Å². The summed E-state index contributed by atoms with van der Waals surface area (Å²) in [6, 6.07) is 3.59. The molecule has 31 heavy (non-hydrogen) atoms. The number of pyridine rings is 1. The Kier molecular flexibility index (Phi) is 5.16. The summed E-state index contributed by atoms with van der Waals surface area (Å²) in [5, 5.41) is 3.04. The van der Waals surface area contributed by atoms with Crippen LogP contribution in [0.3, 0.4) is 0 Å². The topological polar surface area (TPSA) is 65.5 Å². The maximum Gasteiger partial charge on any atom is 0.416 e. The number of urea groups is 1. The Bertz CT molecular complexity index is 1020. The maximum atomic E-state index is 14.3. The third-order valence-corrected chi connectivity index (χ3v) is 5.65. The van der Waals surface area contributed by atoms with Crippen molar-refractivity contribution in [1.82, 2.24) is 15.2 Å². The van der Waals surface area contributed by atoms with Gasteiger partial charge in [0.25, 0.3) is 5.91 Å². The Labute approximate surface area is 173 Å². The van der Waals surface area contributed by atoms with Gasteiger partial charge in [-0.05, 0) is 50.2 Å². The van der Waals surface area contributed by atoms with Gasteiger partial charge in [0.2, 0.25) is 0 Å². The van der Waals surface area contributed by atoms with E-state index in [9.17, 15) is 31.5 Å². The Morgan fingerprint density at radius 3 is 2.32 bits per heavy atom. The Morgan fingerprint density at radius 1 is 1.06 bits per heavy atom. The first-order valence-electron chi connectivity index (χ1n) is 9.48. The van der Waals surface area contributed by atoms with Crippen molar-refractivity contribution in [3.05, 3.63) is 59.3 Å². The van der Waals surface area contributed by atoms with Gasteiger partial charge in [-0.3, -0.25) is 4.79 Å². The van der Waals surface area contributed by atoms with Crippen LogP contribution in [0.2, 0.25) is 0 Å². The first-order valence-corrected chi connectivity index (χ1v) is 9.48. The standard InChI is InChI=1S/C20H17F5N4O2/c21-14-2-1-3-15(22)13(14)11-28-18(31)29(17(30)19(28)5-8-26-9-6-19)16-10-12(4-7-27-16)20(23,24)25/h1-4,7,10,26H,5-6,8-9,11H2. The molecule has 6 nitrogen and oxygen atoms in total. The highest BCUT2D eigenvalue weighted by Gasteiger charge is 2.58. The van der Waals surface area contributed by atoms with Crippen molar-refractivity contribution in [3.63, 3.8) is 0 Å². The van der Waals surface area contributed by atoms with Gasteiger partial charge in [0, 0.05) is 11.8 Å². The molecule has 2 saturated heterocycles. The Morgan fingerprint density at radius 2 is 1.71 bits per heavy atom. The fourth-order valence-electron chi connectivity index (χ4n) is 4.02. The summed E-state index contributed by atoms with van der Waals surface area (Å²) in [6.07, 6.45) is -3.56. The smallest absolute Gasteiger partial charge is 0.317 e. The number of carbonyl (C=O) groups excluding carboxylic acids is 2. The molecule has 1 spiro atoms. The van der Waals surface area contributed by atoms with E-state index in [4.69, 9.17) is 0 Å². The van der Waals surface area contributed by atoms with Gasteiger partial charge in [-0.25, -0.2) is 23.5 Å². The zero-order chi connectivity index (χ0) is 22.4. The first kappa shape index (κ1) is 21.2. The Hall–Kier alpha value is -3.08. The fraction of sp³-hybridized carbons (Fsp3) is 0.350. The van der Waals surface area contributed by atoms with E-state index >= 15 is 0 Å². The highest BCUT2D eigenvalue weighted by atomic mass is 19.4. The van der Waals surface area contributed by atoms with Crippen LogP contribution in [0.25, 0.3) is 0 Å². The molecule has 0 atom stereocenters. The molecule has 11 heteroatoms. The molecule has 1 aromatic heterocycles. The third-order valence-electron chi connectivity index (χ3n) is 5.65. The number of nitrogens with zero attached hydrogens (tertiary/aromatic N) is 3. The van der Waals surface area contributed by atoms with Gasteiger partial charge in [-0.15, -0.1) is 0 Å². The summed E-state index contributed by atoms with van der Waals surface area (Å²) in [6.45, 7) is 0.150. The molecule has 0 radical (unpaired) electrons. The van der Waals surface area contributed by atoms with Crippen molar-refractivity contribution >= 4 is 17.8 Å². The van der Waals surface area contributed by atoms with Crippen molar-refractivity contribution in [2.24, 2.45) is 0 Å². The largest absolute Gasteiger partial charge is 0.416 e. The molecule has 1 N–H and O–H groups in total. The molecule has 2 aromatic rings. The lowest BCUT2D eigenvalue weighted by atomic mass is 9.86. The average molecular weight is 440 g/mol. The van der Waals surface area contributed by atoms with Crippen LogP contribution < -0.4 is 10.2 Å². The van der Waals surface area contributed by atoms with Crippen molar-refractivity contribution in [2.45, 2.75) is 31.1 Å². The third kappa shape index (κ3) is 3.52. The SMILES string of the molecule is O=C1N(c2cc(C(F)(F)F)ccn2)C(=O)C2(CCNCC2)N1Cc1c(F)cccc1F. The summed E-state index contributed by atoms with van der Waals surface area (Å²) in [5.74, 6) is -3.03. The minimum atomic E-state index is -4.70. The lowest BCUT2D eigenvalue weighted by molar-refractivity contribution is -0.137. The fourth-order valence-corrected chi connectivity index (χ4v) is 4.02. The summed E-state index contributed by atoms with van der Waals surface area (Å²) >= 11 is 0. The number of amides is 3. The number of benzene rings is 1. The molecule has 2 aliphatic rings. The van der Waals surface area contributed by atoms with E-state index in [1.54, 1.807) is 0 Å². The molecule has 0 bridgehead atoms. The van der Waals surface area contributed by atoms with Crippen LogP contribution in [0.5, 0.6) is 0 Å². The van der Waals surface area contributed by atoms with Crippen molar-refractivity contribution in [3.8, 4) is 0 Å². The molecule has 1 aromatic carbocycles. The van der Waals surface area contributed by atoms with Crippen LogP contribution in [0.1, 0.15) is 24.0 Å². The second-order valence-corrected chi connectivity index (χ2v) is 7.39. The number of alkyl halides is 3. The predicted molar refractivity (Wildman–Crippen MR) is 98.9 cm³/mol. The number of hydrogen-bond donors (Lipinski definition) is 1. The second-order valence-electron chi connectivity index (χ2n) is 7.39. The monoisotopic (exact) mass is 440 g/mol. The maximum absolute atomic E-state index is 14.3. The van der Waals surface area contributed by atoms with Gasteiger partial charge in [0.15, 0.2) is 0 Å². The zero-order valence-electron chi connectivity index (χ0n) is 16.0. The predicted octanol–water partition coefficient (Wildman–Crippen LogP) is 3.47. The highest BCUT2D eigenvalue weighted by molar-refractivity contribution is 6.22. The van der Waals surface area contributed by atoms with Crippen LogP contribution in [-0.2, 0) is 17.5 Å². The lowest BCUT2D eigenvalue weighted by Crippen LogP contribution is -2.55. The number of carbonyl (C=O) groups is 2. The molecular formula is C20H17F5N4O2.